The topological polar surface area (TPSA) is 81.2 Å². The number of amides is 1. The molecule has 1 aromatic heterocycles. The summed E-state index contributed by atoms with van der Waals surface area (Å²) in [5.41, 5.74) is 5.76. The number of nitrogens with zero attached hydrogens (tertiary/aromatic N) is 2. The summed E-state index contributed by atoms with van der Waals surface area (Å²) in [7, 11) is 3.21. The molecule has 0 aliphatic heterocycles. The van der Waals surface area contributed by atoms with Crippen LogP contribution in [0.1, 0.15) is 16.8 Å². The molecule has 0 saturated heterocycles. The number of Topliss-reactive ketones (excluding diaryl/α,β-unsaturated/α-hetero) is 1. The van der Waals surface area contributed by atoms with Gasteiger partial charge in [0, 0.05) is 24.6 Å². The molecule has 6 nitrogen and oxygen atoms in total. The molecule has 1 N–H and O–H groups in total. The molecule has 0 fully saturated rings. The number of rotatable bonds is 10. The molecule has 1 atom stereocenters. The molecule has 1 unspecified atom stereocenters. The third kappa shape index (κ3) is 6.64. The first-order chi connectivity index (χ1) is 22.0. The molecule has 0 bridgehead atoms. The van der Waals surface area contributed by atoms with Crippen molar-refractivity contribution in [1.29, 1.82) is 0 Å². The van der Waals surface area contributed by atoms with Gasteiger partial charge in [-0.05, 0) is 34.0 Å². The molecule has 0 saturated carbocycles. The molecule has 0 aliphatic rings. The summed E-state index contributed by atoms with van der Waals surface area (Å²) in [6.45, 7) is 0. The van der Waals surface area contributed by atoms with Crippen molar-refractivity contribution in [3.8, 4) is 39.4 Å². The largest absolute Gasteiger partial charge is 0.496 e. The molecule has 0 aliphatic carbocycles. The number of benzene rings is 5. The summed E-state index contributed by atoms with van der Waals surface area (Å²) in [6, 6.07) is 41.3. The molecule has 6 rings (SSSR count). The van der Waals surface area contributed by atoms with Gasteiger partial charge < -0.3 is 10.1 Å². The van der Waals surface area contributed by atoms with Crippen molar-refractivity contribution in [2.24, 2.45) is 0 Å². The van der Waals surface area contributed by atoms with Crippen LogP contribution in [-0.2, 0) is 4.79 Å². The smallest absolute Gasteiger partial charge is 0.233 e. The molecule has 6 aromatic rings. The Balaban J connectivity index is 1.36. The zero-order chi connectivity index (χ0) is 31.2. The van der Waals surface area contributed by atoms with Crippen LogP contribution in [0.4, 0.5) is 0 Å². The van der Waals surface area contributed by atoms with Crippen LogP contribution in [0.15, 0.2) is 133 Å². The van der Waals surface area contributed by atoms with E-state index >= 15 is 0 Å². The number of fused-ring (bicyclic) bond motifs is 1. The molecule has 7 heteroatoms. The fourth-order valence-corrected chi connectivity index (χ4v) is 6.31. The van der Waals surface area contributed by atoms with Crippen molar-refractivity contribution >= 4 is 34.2 Å². The van der Waals surface area contributed by atoms with Crippen molar-refractivity contribution in [3.63, 3.8) is 0 Å². The Morgan fingerprint density at radius 2 is 1.36 bits per heavy atom. The number of carbonyl (C=O) groups is 2. The van der Waals surface area contributed by atoms with E-state index < -0.39 is 5.25 Å². The van der Waals surface area contributed by atoms with E-state index in [4.69, 9.17) is 14.7 Å². The van der Waals surface area contributed by atoms with E-state index in [9.17, 15) is 9.59 Å². The normalized spacial score (nSPS) is 11.6. The fraction of sp³-hybridized carbons (Fsp3) is 0.105. The van der Waals surface area contributed by atoms with E-state index in [-0.39, 0.29) is 18.1 Å². The molecule has 1 amide bonds. The highest BCUT2D eigenvalue weighted by Gasteiger charge is 2.26. The first-order valence-electron chi connectivity index (χ1n) is 14.6. The Bertz CT molecular complexity index is 1960. The van der Waals surface area contributed by atoms with Crippen LogP contribution in [-0.4, -0.2) is 41.1 Å². The van der Waals surface area contributed by atoms with E-state index in [1.165, 1.54) is 11.8 Å². The zero-order valence-corrected chi connectivity index (χ0v) is 25.8. The fourth-order valence-electron chi connectivity index (χ4n) is 5.29. The zero-order valence-electron chi connectivity index (χ0n) is 24.9. The van der Waals surface area contributed by atoms with Gasteiger partial charge in [-0.1, -0.05) is 127 Å². The molecular weight excluding hydrogens is 579 g/mol. The second-order valence-corrected chi connectivity index (χ2v) is 11.6. The third-order valence-electron chi connectivity index (χ3n) is 7.61. The first kappa shape index (κ1) is 29.8. The van der Waals surface area contributed by atoms with Gasteiger partial charge in [0.05, 0.1) is 29.3 Å². The number of thioether (sulfide) groups is 1. The van der Waals surface area contributed by atoms with Crippen LogP contribution in [0.2, 0.25) is 0 Å². The third-order valence-corrected chi connectivity index (χ3v) is 8.67. The minimum absolute atomic E-state index is 0.0130. The maximum Gasteiger partial charge on any atom is 0.233 e. The summed E-state index contributed by atoms with van der Waals surface area (Å²) in [5, 5.41) is 4.40. The summed E-state index contributed by atoms with van der Waals surface area (Å²) in [6.07, 6.45) is -0.0130. The van der Waals surface area contributed by atoms with Crippen molar-refractivity contribution < 1.29 is 14.3 Å². The van der Waals surface area contributed by atoms with E-state index in [2.05, 4.69) is 5.32 Å². The highest BCUT2D eigenvalue weighted by molar-refractivity contribution is 8.00. The van der Waals surface area contributed by atoms with Gasteiger partial charge in [-0.25, -0.2) is 9.97 Å². The van der Waals surface area contributed by atoms with Gasteiger partial charge in [-0.2, -0.15) is 0 Å². The lowest BCUT2D eigenvalue weighted by atomic mass is 9.99. The predicted octanol–water partition coefficient (Wildman–Crippen LogP) is 8.12. The molecule has 5 aromatic carbocycles. The highest BCUT2D eigenvalue weighted by Crippen LogP contribution is 2.38. The number of ketones is 1. The van der Waals surface area contributed by atoms with Crippen LogP contribution in [0, 0.1) is 0 Å². The molecule has 222 valence electrons. The van der Waals surface area contributed by atoms with Gasteiger partial charge in [0.25, 0.3) is 0 Å². The second-order valence-electron chi connectivity index (χ2n) is 10.4. The number of aromatic nitrogens is 2. The molecule has 0 radical (unpaired) electrons. The Morgan fingerprint density at radius 1 is 0.733 bits per heavy atom. The number of methoxy groups -OCH3 is 1. The molecule has 0 spiro atoms. The van der Waals surface area contributed by atoms with Crippen LogP contribution >= 0.6 is 11.8 Å². The Morgan fingerprint density at radius 3 is 2.04 bits per heavy atom. The predicted molar refractivity (Wildman–Crippen MR) is 181 cm³/mol. The molecular formula is C38H31N3O3S. The maximum atomic E-state index is 13.5. The number of nitrogens with one attached hydrogen (secondary N) is 1. The quantitative estimate of drug-likeness (QED) is 0.0960. The lowest BCUT2D eigenvalue weighted by Crippen LogP contribution is -2.31. The van der Waals surface area contributed by atoms with Gasteiger partial charge in [-0.3, -0.25) is 9.59 Å². The SMILES string of the molecule is CNC(=O)C(CC(=O)c1ccc(-c2ccccc2)cc1)Sc1nc(-c2ccccc2)cc(-c2c(OC)ccc3ccccc23)n1. The van der Waals surface area contributed by atoms with Crippen LogP contribution in [0.25, 0.3) is 44.4 Å². The van der Waals surface area contributed by atoms with Crippen molar-refractivity contribution in [2.75, 3.05) is 14.2 Å². The summed E-state index contributed by atoms with van der Waals surface area (Å²) >= 11 is 1.19. The number of ether oxygens (including phenoxy) is 1. The minimum Gasteiger partial charge on any atom is -0.496 e. The number of hydrogen-bond acceptors (Lipinski definition) is 6. The first-order valence-corrected chi connectivity index (χ1v) is 15.5. The number of hydrogen-bond donors (Lipinski definition) is 1. The number of carbonyl (C=O) groups excluding carboxylic acids is 2. The van der Waals surface area contributed by atoms with Crippen LogP contribution in [0.3, 0.4) is 0 Å². The Labute approximate surface area is 266 Å². The van der Waals surface area contributed by atoms with E-state index in [0.717, 1.165) is 33.0 Å². The lowest BCUT2D eigenvalue weighted by molar-refractivity contribution is -0.120. The van der Waals surface area contributed by atoms with E-state index in [1.54, 1.807) is 14.2 Å². The average molecular weight is 610 g/mol. The monoisotopic (exact) mass is 609 g/mol. The van der Waals surface area contributed by atoms with E-state index in [1.807, 2.05) is 127 Å². The summed E-state index contributed by atoms with van der Waals surface area (Å²) < 4.78 is 5.79. The Hall–Kier alpha value is -5.27. The van der Waals surface area contributed by atoms with Crippen molar-refractivity contribution in [2.45, 2.75) is 16.8 Å². The van der Waals surface area contributed by atoms with Crippen molar-refractivity contribution in [3.05, 3.63) is 133 Å². The average Bonchev–Trinajstić information content (AvgIpc) is 3.11. The lowest BCUT2D eigenvalue weighted by Gasteiger charge is -2.17. The summed E-state index contributed by atoms with van der Waals surface area (Å²) in [5.74, 6) is 0.275. The standard InChI is InChI=1S/C38H31N3O3S/c1-39-37(43)35(24-33(42)29-19-17-26(18-20-29)25-11-5-3-6-12-25)45-38-40-31(28-14-7-4-8-15-28)23-32(41-38)36-30-16-10-9-13-27(30)21-22-34(36)44-2/h3-23,35H,24H2,1-2H3,(H,39,43). The molecule has 1 heterocycles. The van der Waals surface area contributed by atoms with Crippen molar-refractivity contribution in [1.82, 2.24) is 15.3 Å². The van der Waals surface area contributed by atoms with Gasteiger partial charge in [-0.15, -0.1) is 0 Å². The second kappa shape index (κ2) is 13.6. The Kier molecular flexibility index (Phi) is 8.99. The summed E-state index contributed by atoms with van der Waals surface area (Å²) in [4.78, 5) is 36.4. The highest BCUT2D eigenvalue weighted by atomic mass is 32.2. The molecule has 45 heavy (non-hydrogen) atoms. The van der Waals surface area contributed by atoms with Crippen LogP contribution < -0.4 is 10.1 Å². The van der Waals surface area contributed by atoms with Gasteiger partial charge in [0.2, 0.25) is 5.91 Å². The van der Waals surface area contributed by atoms with E-state index in [0.29, 0.717) is 27.9 Å². The van der Waals surface area contributed by atoms with Gasteiger partial charge >= 0.3 is 0 Å². The van der Waals surface area contributed by atoms with Crippen LogP contribution in [0.5, 0.6) is 5.75 Å². The maximum absolute atomic E-state index is 13.5. The minimum atomic E-state index is -0.746. The van der Waals surface area contributed by atoms with Gasteiger partial charge in [0.15, 0.2) is 10.9 Å². The van der Waals surface area contributed by atoms with Gasteiger partial charge in [0.1, 0.15) is 5.75 Å².